The van der Waals surface area contributed by atoms with Crippen LogP contribution in [0.3, 0.4) is 0 Å². The number of halogens is 1. The number of para-hydroxylation sites is 1. The third-order valence-corrected chi connectivity index (χ3v) is 4.86. The van der Waals surface area contributed by atoms with E-state index in [0.29, 0.717) is 18.1 Å². The summed E-state index contributed by atoms with van der Waals surface area (Å²) in [7, 11) is 0. The molecule has 3 aromatic rings. The van der Waals surface area contributed by atoms with Crippen molar-refractivity contribution in [3.63, 3.8) is 0 Å². The maximum atomic E-state index is 13.0. The number of amides is 1. The van der Waals surface area contributed by atoms with Gasteiger partial charge in [0.15, 0.2) is 0 Å². The van der Waals surface area contributed by atoms with Crippen molar-refractivity contribution in [2.24, 2.45) is 0 Å². The van der Waals surface area contributed by atoms with Gasteiger partial charge in [0.25, 0.3) is 11.5 Å². The van der Waals surface area contributed by atoms with E-state index in [9.17, 15) is 9.59 Å². The second-order valence-corrected chi connectivity index (χ2v) is 6.76. The number of nitrogens with zero attached hydrogens (tertiary/aromatic N) is 2. The first-order valence-corrected chi connectivity index (χ1v) is 8.85. The van der Waals surface area contributed by atoms with Crippen LogP contribution in [0.15, 0.2) is 71.7 Å². The van der Waals surface area contributed by atoms with Gasteiger partial charge in [0.1, 0.15) is 5.56 Å². The zero-order valence-electron chi connectivity index (χ0n) is 14.1. The molecule has 0 saturated heterocycles. The number of rotatable bonds is 3. The van der Waals surface area contributed by atoms with Crippen LogP contribution in [0.2, 0.25) is 5.02 Å². The molecule has 0 bridgehead atoms. The van der Waals surface area contributed by atoms with E-state index in [0.717, 1.165) is 23.2 Å². The summed E-state index contributed by atoms with van der Waals surface area (Å²) in [6.45, 7) is 0.970. The fourth-order valence-electron chi connectivity index (χ4n) is 3.35. The Morgan fingerprint density at radius 1 is 1.04 bits per heavy atom. The van der Waals surface area contributed by atoms with Crippen LogP contribution in [0.1, 0.15) is 21.5 Å². The molecule has 0 aliphatic carbocycles. The first-order chi connectivity index (χ1) is 12.6. The van der Waals surface area contributed by atoms with E-state index in [4.69, 9.17) is 11.6 Å². The Hall–Kier alpha value is -2.85. The normalized spacial score (nSPS) is 12.9. The van der Waals surface area contributed by atoms with Crippen LogP contribution in [0.4, 0.5) is 5.69 Å². The largest absolute Gasteiger partial charge is 0.310 e. The van der Waals surface area contributed by atoms with Gasteiger partial charge in [-0.05, 0) is 47.9 Å². The highest BCUT2D eigenvalue weighted by molar-refractivity contribution is 6.30. The van der Waals surface area contributed by atoms with Crippen molar-refractivity contribution in [1.82, 2.24) is 4.57 Å². The Morgan fingerprint density at radius 3 is 2.73 bits per heavy atom. The molecule has 0 saturated carbocycles. The second kappa shape index (κ2) is 6.81. The quantitative estimate of drug-likeness (QED) is 0.710. The summed E-state index contributed by atoms with van der Waals surface area (Å²) in [6.07, 6.45) is 2.50. The molecule has 0 radical (unpaired) electrons. The summed E-state index contributed by atoms with van der Waals surface area (Å²) in [5, 5.41) is 0.622. The van der Waals surface area contributed by atoms with Crippen molar-refractivity contribution in [1.29, 1.82) is 0 Å². The van der Waals surface area contributed by atoms with Crippen LogP contribution < -0.4 is 10.5 Å². The first-order valence-electron chi connectivity index (χ1n) is 8.47. The third-order valence-electron chi connectivity index (χ3n) is 4.62. The van der Waals surface area contributed by atoms with Crippen molar-refractivity contribution in [2.75, 3.05) is 11.4 Å². The lowest BCUT2D eigenvalue weighted by Crippen LogP contribution is -2.35. The summed E-state index contributed by atoms with van der Waals surface area (Å²) in [4.78, 5) is 27.5. The minimum Gasteiger partial charge on any atom is -0.310 e. The monoisotopic (exact) mass is 364 g/mol. The second-order valence-electron chi connectivity index (χ2n) is 6.32. The fraction of sp³-hybridized carbons (Fsp3) is 0.143. The zero-order valence-corrected chi connectivity index (χ0v) is 14.8. The molecular formula is C21H17ClN2O2. The number of fused-ring (bicyclic) bond motifs is 1. The number of anilines is 1. The smallest absolute Gasteiger partial charge is 0.263 e. The highest BCUT2D eigenvalue weighted by atomic mass is 35.5. The maximum Gasteiger partial charge on any atom is 0.263 e. The Bertz CT molecular complexity index is 1040. The average Bonchev–Trinajstić information content (AvgIpc) is 3.07. The van der Waals surface area contributed by atoms with Crippen LogP contribution in [-0.2, 0) is 13.0 Å². The predicted molar refractivity (Wildman–Crippen MR) is 103 cm³/mol. The summed E-state index contributed by atoms with van der Waals surface area (Å²) >= 11 is 6.02. The third kappa shape index (κ3) is 3.04. The van der Waals surface area contributed by atoms with Crippen LogP contribution in [0, 0.1) is 0 Å². The van der Waals surface area contributed by atoms with Crippen molar-refractivity contribution >= 4 is 23.2 Å². The summed E-state index contributed by atoms with van der Waals surface area (Å²) in [5.74, 6) is -0.250. The highest BCUT2D eigenvalue weighted by Crippen LogP contribution is 2.28. The van der Waals surface area contributed by atoms with E-state index >= 15 is 0 Å². The van der Waals surface area contributed by atoms with E-state index in [2.05, 4.69) is 0 Å². The van der Waals surface area contributed by atoms with Crippen molar-refractivity contribution in [2.45, 2.75) is 13.0 Å². The van der Waals surface area contributed by atoms with E-state index < -0.39 is 0 Å². The van der Waals surface area contributed by atoms with Crippen LogP contribution in [-0.4, -0.2) is 17.0 Å². The molecule has 1 amide bonds. The van der Waals surface area contributed by atoms with Crippen molar-refractivity contribution in [3.8, 4) is 0 Å². The van der Waals surface area contributed by atoms with Gasteiger partial charge in [0.2, 0.25) is 0 Å². The lowest BCUT2D eigenvalue weighted by Gasteiger charge is -2.17. The summed E-state index contributed by atoms with van der Waals surface area (Å²) in [6, 6.07) is 18.5. The fourth-order valence-corrected chi connectivity index (χ4v) is 3.56. The number of carbonyl (C=O) groups is 1. The van der Waals surface area contributed by atoms with Gasteiger partial charge >= 0.3 is 0 Å². The first kappa shape index (κ1) is 16.6. The number of hydrogen-bond donors (Lipinski definition) is 0. The van der Waals surface area contributed by atoms with Gasteiger partial charge in [-0.3, -0.25) is 9.59 Å². The van der Waals surface area contributed by atoms with E-state index in [1.165, 1.54) is 0 Å². The lowest BCUT2D eigenvalue weighted by atomic mass is 10.1. The Kier molecular flexibility index (Phi) is 4.35. The molecule has 5 heteroatoms. The molecule has 0 spiro atoms. The molecule has 1 aromatic heterocycles. The molecule has 4 nitrogen and oxygen atoms in total. The number of pyridine rings is 1. The average molecular weight is 365 g/mol. The van der Waals surface area contributed by atoms with E-state index in [-0.39, 0.29) is 17.0 Å². The van der Waals surface area contributed by atoms with Crippen LogP contribution in [0.5, 0.6) is 0 Å². The predicted octanol–water partition coefficient (Wildman–Crippen LogP) is 3.75. The van der Waals surface area contributed by atoms with Crippen molar-refractivity contribution < 1.29 is 4.79 Å². The van der Waals surface area contributed by atoms with Gasteiger partial charge in [-0.25, -0.2) is 0 Å². The zero-order chi connectivity index (χ0) is 18.1. The number of benzene rings is 2. The van der Waals surface area contributed by atoms with Gasteiger partial charge in [0.05, 0.1) is 6.54 Å². The molecule has 1 aliphatic heterocycles. The molecule has 26 heavy (non-hydrogen) atoms. The molecule has 1 aliphatic rings. The molecule has 2 heterocycles. The molecule has 4 rings (SSSR count). The topological polar surface area (TPSA) is 42.3 Å². The number of carbonyl (C=O) groups excluding carboxylic acids is 1. The Morgan fingerprint density at radius 2 is 1.88 bits per heavy atom. The molecule has 0 unspecified atom stereocenters. The molecule has 0 N–H and O–H groups in total. The molecule has 0 atom stereocenters. The SMILES string of the molecule is O=C(c1cccn(Cc2cccc(Cl)c2)c1=O)N1CCc2ccccc21. The van der Waals surface area contributed by atoms with Crippen molar-refractivity contribution in [3.05, 3.63) is 98.9 Å². The number of aromatic nitrogens is 1. The van der Waals surface area contributed by atoms with Crippen LogP contribution >= 0.6 is 11.6 Å². The minimum atomic E-state index is -0.290. The van der Waals surface area contributed by atoms with E-state index in [1.54, 1.807) is 33.9 Å². The van der Waals surface area contributed by atoms with E-state index in [1.807, 2.05) is 42.5 Å². The Balaban J connectivity index is 1.66. The van der Waals surface area contributed by atoms with Gasteiger partial charge in [-0.2, -0.15) is 0 Å². The summed E-state index contributed by atoms with van der Waals surface area (Å²) in [5.41, 5.74) is 2.84. The van der Waals surface area contributed by atoms with Gasteiger partial charge in [-0.1, -0.05) is 41.9 Å². The summed E-state index contributed by atoms with van der Waals surface area (Å²) < 4.78 is 1.54. The molecule has 130 valence electrons. The van der Waals surface area contributed by atoms with Gasteiger partial charge in [-0.15, -0.1) is 0 Å². The van der Waals surface area contributed by atoms with Gasteiger partial charge < -0.3 is 9.47 Å². The molecule has 2 aromatic carbocycles. The van der Waals surface area contributed by atoms with Gasteiger partial charge in [0, 0.05) is 23.5 Å². The molecule has 0 fully saturated rings. The lowest BCUT2D eigenvalue weighted by molar-refractivity contribution is 0.0987. The molecular weight excluding hydrogens is 348 g/mol. The standard InChI is InChI=1S/C21H17ClN2O2/c22-17-7-3-5-15(13-17)14-23-11-4-8-18(20(23)25)21(26)24-12-10-16-6-1-2-9-19(16)24/h1-9,11,13H,10,12,14H2. The highest BCUT2D eigenvalue weighted by Gasteiger charge is 2.27. The number of hydrogen-bond acceptors (Lipinski definition) is 2. The minimum absolute atomic E-state index is 0.186. The maximum absolute atomic E-state index is 13.0. The van der Waals surface area contributed by atoms with Crippen LogP contribution in [0.25, 0.3) is 0 Å². The Labute approximate surface area is 156 Å².